The van der Waals surface area contributed by atoms with Crippen LogP contribution in [0.3, 0.4) is 0 Å². The number of H-pyrrole nitrogens is 1. The van der Waals surface area contributed by atoms with Crippen molar-refractivity contribution in [1.82, 2.24) is 15.4 Å². The van der Waals surface area contributed by atoms with E-state index in [9.17, 15) is 4.79 Å². The molecule has 6 nitrogen and oxygen atoms in total. The van der Waals surface area contributed by atoms with Gasteiger partial charge in [-0.1, -0.05) is 19.8 Å². The first-order valence-electron chi connectivity index (χ1n) is 7.08. The number of aromatic nitrogens is 3. The third-order valence-electron chi connectivity index (χ3n) is 3.24. The molecule has 0 saturated carbocycles. The van der Waals surface area contributed by atoms with Gasteiger partial charge in [0.05, 0.1) is 6.61 Å². The summed E-state index contributed by atoms with van der Waals surface area (Å²) in [6, 6.07) is 5.65. The molecule has 0 saturated heterocycles. The van der Waals surface area contributed by atoms with Crippen LogP contribution in [0.4, 0.5) is 0 Å². The second-order valence-electron chi connectivity index (χ2n) is 4.92. The van der Waals surface area contributed by atoms with E-state index in [2.05, 4.69) is 22.3 Å². The van der Waals surface area contributed by atoms with E-state index in [0.717, 1.165) is 29.7 Å². The Bertz CT molecular complexity index is 622. The van der Waals surface area contributed by atoms with Gasteiger partial charge in [0.15, 0.2) is 5.69 Å². The number of nitrogens with one attached hydrogen (secondary N) is 1. The van der Waals surface area contributed by atoms with E-state index in [1.54, 1.807) is 0 Å². The second kappa shape index (κ2) is 6.88. The van der Waals surface area contributed by atoms with Gasteiger partial charge in [0, 0.05) is 5.56 Å². The van der Waals surface area contributed by atoms with Crippen LogP contribution in [0.15, 0.2) is 18.2 Å². The summed E-state index contributed by atoms with van der Waals surface area (Å²) in [7, 11) is 0. The van der Waals surface area contributed by atoms with Crippen molar-refractivity contribution in [1.29, 1.82) is 0 Å². The van der Waals surface area contributed by atoms with Crippen LogP contribution in [0.25, 0.3) is 11.3 Å². The molecule has 0 aliphatic carbocycles. The number of benzene rings is 1. The number of carbonyl (C=O) groups is 1. The molecule has 21 heavy (non-hydrogen) atoms. The van der Waals surface area contributed by atoms with E-state index in [1.807, 2.05) is 25.1 Å². The maximum atomic E-state index is 11.3. The van der Waals surface area contributed by atoms with Crippen LogP contribution in [0.1, 0.15) is 42.2 Å². The maximum absolute atomic E-state index is 11.3. The molecule has 0 aliphatic heterocycles. The van der Waals surface area contributed by atoms with Gasteiger partial charge in [-0.05, 0) is 37.1 Å². The van der Waals surface area contributed by atoms with Crippen molar-refractivity contribution in [3.63, 3.8) is 0 Å². The number of nitrogens with zero attached hydrogens (tertiary/aromatic N) is 2. The number of hydrogen-bond acceptors (Lipinski definition) is 4. The third kappa shape index (κ3) is 3.59. The summed E-state index contributed by atoms with van der Waals surface area (Å²) in [6.45, 7) is 4.83. The molecule has 1 heterocycles. The molecule has 6 heteroatoms. The highest BCUT2D eigenvalue weighted by molar-refractivity contribution is 5.96. The summed E-state index contributed by atoms with van der Waals surface area (Å²) in [5, 5.41) is 10.2. The molecule has 2 aromatic rings. The molecule has 0 aliphatic rings. The van der Waals surface area contributed by atoms with Crippen LogP contribution in [-0.4, -0.2) is 27.9 Å². The lowest BCUT2D eigenvalue weighted by Crippen LogP contribution is -2.12. The third-order valence-corrected chi connectivity index (χ3v) is 3.24. The Hall–Kier alpha value is -2.37. The molecule has 1 aromatic heterocycles. The minimum Gasteiger partial charge on any atom is -0.493 e. The van der Waals surface area contributed by atoms with Crippen molar-refractivity contribution in [2.24, 2.45) is 5.73 Å². The standard InChI is InChI=1S/C15H20N4O2/c1-3-4-5-8-21-12-7-6-11(9-10(12)2)13-14(15(16)20)18-19-17-13/h6-7,9H,3-5,8H2,1-2H3,(H2,16,20)(H,17,18,19). The van der Waals surface area contributed by atoms with Gasteiger partial charge in [-0.15, -0.1) is 0 Å². The zero-order chi connectivity index (χ0) is 15.2. The van der Waals surface area contributed by atoms with Crippen molar-refractivity contribution in [3.8, 4) is 17.0 Å². The van der Waals surface area contributed by atoms with Crippen molar-refractivity contribution < 1.29 is 9.53 Å². The monoisotopic (exact) mass is 288 g/mol. The number of carbonyl (C=O) groups excluding carboxylic acids is 1. The van der Waals surface area contributed by atoms with Crippen LogP contribution in [-0.2, 0) is 0 Å². The lowest BCUT2D eigenvalue weighted by atomic mass is 10.1. The molecule has 0 fully saturated rings. The van der Waals surface area contributed by atoms with Crippen LogP contribution >= 0.6 is 0 Å². The van der Waals surface area contributed by atoms with Crippen LogP contribution in [0.5, 0.6) is 5.75 Å². The largest absolute Gasteiger partial charge is 0.493 e. The summed E-state index contributed by atoms with van der Waals surface area (Å²) in [6.07, 6.45) is 3.38. The minimum atomic E-state index is -0.601. The summed E-state index contributed by atoms with van der Waals surface area (Å²) in [5.74, 6) is 0.246. The van der Waals surface area contributed by atoms with Gasteiger partial charge in [0.25, 0.3) is 5.91 Å². The van der Waals surface area contributed by atoms with Gasteiger partial charge in [0.2, 0.25) is 0 Å². The van der Waals surface area contributed by atoms with E-state index < -0.39 is 5.91 Å². The lowest BCUT2D eigenvalue weighted by molar-refractivity contribution is 0.0996. The average Bonchev–Trinajstić information content (AvgIpc) is 2.94. The molecular formula is C15H20N4O2. The molecule has 1 amide bonds. The molecule has 0 unspecified atom stereocenters. The molecule has 0 bridgehead atoms. The Morgan fingerprint density at radius 3 is 2.81 bits per heavy atom. The van der Waals surface area contributed by atoms with Gasteiger partial charge < -0.3 is 10.5 Å². The zero-order valence-electron chi connectivity index (χ0n) is 12.3. The fourth-order valence-electron chi connectivity index (χ4n) is 2.10. The molecule has 112 valence electrons. The number of hydrogen-bond donors (Lipinski definition) is 2. The van der Waals surface area contributed by atoms with Gasteiger partial charge in [-0.3, -0.25) is 4.79 Å². The molecule has 2 rings (SSSR count). The molecular weight excluding hydrogens is 268 g/mol. The highest BCUT2D eigenvalue weighted by atomic mass is 16.5. The summed E-state index contributed by atoms with van der Waals surface area (Å²) >= 11 is 0. The Morgan fingerprint density at radius 1 is 1.33 bits per heavy atom. The van der Waals surface area contributed by atoms with Crippen LogP contribution in [0.2, 0.25) is 0 Å². The molecule has 0 atom stereocenters. The molecule has 0 radical (unpaired) electrons. The van der Waals surface area contributed by atoms with Gasteiger partial charge in [0.1, 0.15) is 11.4 Å². The first-order valence-corrected chi connectivity index (χ1v) is 7.08. The summed E-state index contributed by atoms with van der Waals surface area (Å²) < 4.78 is 5.75. The first kappa shape index (κ1) is 15.0. The first-order chi connectivity index (χ1) is 10.1. The zero-order valence-corrected chi connectivity index (χ0v) is 12.3. The average molecular weight is 288 g/mol. The number of amides is 1. The van der Waals surface area contributed by atoms with Crippen LogP contribution < -0.4 is 10.5 Å². The Kier molecular flexibility index (Phi) is 4.92. The Balaban J connectivity index is 2.15. The quantitative estimate of drug-likeness (QED) is 0.765. The van der Waals surface area contributed by atoms with Crippen molar-refractivity contribution in [3.05, 3.63) is 29.5 Å². The van der Waals surface area contributed by atoms with Crippen molar-refractivity contribution in [2.75, 3.05) is 6.61 Å². The van der Waals surface area contributed by atoms with Gasteiger partial charge in [-0.2, -0.15) is 15.4 Å². The van der Waals surface area contributed by atoms with E-state index in [-0.39, 0.29) is 5.69 Å². The number of ether oxygens (including phenoxy) is 1. The van der Waals surface area contributed by atoms with Crippen LogP contribution in [0, 0.1) is 6.92 Å². The fourth-order valence-corrected chi connectivity index (χ4v) is 2.10. The molecule has 0 spiro atoms. The van der Waals surface area contributed by atoms with Gasteiger partial charge in [-0.25, -0.2) is 0 Å². The Labute approximate surface area is 123 Å². The highest BCUT2D eigenvalue weighted by Crippen LogP contribution is 2.26. The normalized spacial score (nSPS) is 10.6. The summed E-state index contributed by atoms with van der Waals surface area (Å²) in [4.78, 5) is 11.3. The molecule has 1 aromatic carbocycles. The van der Waals surface area contributed by atoms with E-state index >= 15 is 0 Å². The predicted molar refractivity (Wildman–Crippen MR) is 80.1 cm³/mol. The number of primary amides is 1. The number of aryl methyl sites for hydroxylation is 1. The Morgan fingerprint density at radius 2 is 2.14 bits per heavy atom. The lowest BCUT2D eigenvalue weighted by Gasteiger charge is -2.10. The van der Waals surface area contributed by atoms with E-state index in [0.29, 0.717) is 12.3 Å². The molecule has 3 N–H and O–H groups in total. The van der Waals surface area contributed by atoms with Crippen molar-refractivity contribution >= 4 is 5.91 Å². The fraction of sp³-hybridized carbons (Fsp3) is 0.400. The highest BCUT2D eigenvalue weighted by Gasteiger charge is 2.15. The summed E-state index contributed by atoms with van der Waals surface area (Å²) in [5.41, 5.74) is 7.65. The number of unbranched alkanes of at least 4 members (excludes halogenated alkanes) is 2. The predicted octanol–water partition coefficient (Wildman–Crippen LogP) is 2.45. The number of aromatic amines is 1. The maximum Gasteiger partial charge on any atom is 0.271 e. The van der Waals surface area contributed by atoms with E-state index in [4.69, 9.17) is 10.5 Å². The van der Waals surface area contributed by atoms with E-state index in [1.165, 1.54) is 6.42 Å². The second-order valence-corrected chi connectivity index (χ2v) is 4.92. The number of nitrogens with two attached hydrogens (primary N) is 1. The van der Waals surface area contributed by atoms with Crippen molar-refractivity contribution in [2.45, 2.75) is 33.1 Å². The van der Waals surface area contributed by atoms with Gasteiger partial charge >= 0.3 is 0 Å². The smallest absolute Gasteiger partial charge is 0.271 e. The SMILES string of the molecule is CCCCCOc1ccc(-c2n[nH]nc2C(N)=O)cc1C. The minimum absolute atomic E-state index is 0.144. The topological polar surface area (TPSA) is 93.9 Å². The number of rotatable bonds is 7.